The van der Waals surface area contributed by atoms with Crippen molar-refractivity contribution < 1.29 is 4.79 Å². The third-order valence-corrected chi connectivity index (χ3v) is 4.45. The molecule has 116 valence electrons. The van der Waals surface area contributed by atoms with Gasteiger partial charge in [0.25, 0.3) is 0 Å². The Morgan fingerprint density at radius 1 is 1.19 bits per heavy atom. The monoisotopic (exact) mass is 288 g/mol. The molecule has 0 aromatic heterocycles. The number of carbonyl (C=O) groups is 1. The number of amides is 1. The molecule has 3 N–H and O–H groups in total. The fourth-order valence-electron chi connectivity index (χ4n) is 3.03. The first-order chi connectivity index (χ1) is 10.2. The van der Waals surface area contributed by atoms with E-state index < -0.39 is 0 Å². The van der Waals surface area contributed by atoms with Crippen molar-refractivity contribution in [3.05, 3.63) is 29.8 Å². The number of unbranched alkanes of at least 4 members (excludes halogenated alkanes) is 1. The van der Waals surface area contributed by atoms with Crippen molar-refractivity contribution in [1.82, 2.24) is 0 Å². The summed E-state index contributed by atoms with van der Waals surface area (Å²) in [6, 6.07) is 8.24. The second-order valence-corrected chi connectivity index (χ2v) is 6.20. The van der Waals surface area contributed by atoms with Crippen molar-refractivity contribution in [3.8, 4) is 0 Å². The molecule has 0 saturated heterocycles. The summed E-state index contributed by atoms with van der Waals surface area (Å²) in [6.07, 6.45) is 8.87. The van der Waals surface area contributed by atoms with E-state index in [0.29, 0.717) is 0 Å². The number of carbonyl (C=O) groups excluding carboxylic acids is 1. The summed E-state index contributed by atoms with van der Waals surface area (Å²) in [5, 5.41) is 3.03. The van der Waals surface area contributed by atoms with Crippen molar-refractivity contribution in [3.63, 3.8) is 0 Å². The van der Waals surface area contributed by atoms with Gasteiger partial charge in [0.15, 0.2) is 0 Å². The Hall–Kier alpha value is -1.35. The molecule has 0 bridgehead atoms. The summed E-state index contributed by atoms with van der Waals surface area (Å²) < 4.78 is 0. The Morgan fingerprint density at radius 3 is 2.62 bits per heavy atom. The smallest absolute Gasteiger partial charge is 0.229 e. The van der Waals surface area contributed by atoms with Gasteiger partial charge < -0.3 is 11.1 Å². The molecular weight excluding hydrogens is 260 g/mol. The fraction of sp³-hybridized carbons (Fsp3) is 0.611. The molecule has 21 heavy (non-hydrogen) atoms. The molecule has 0 spiro atoms. The quantitative estimate of drug-likeness (QED) is 0.808. The molecule has 2 atom stereocenters. The van der Waals surface area contributed by atoms with Crippen LogP contribution < -0.4 is 11.1 Å². The molecule has 1 aromatic rings. The average molecular weight is 288 g/mol. The summed E-state index contributed by atoms with van der Waals surface area (Å²) in [6.45, 7) is 2.20. The van der Waals surface area contributed by atoms with E-state index in [-0.39, 0.29) is 17.9 Å². The van der Waals surface area contributed by atoms with Crippen LogP contribution in [0.4, 0.5) is 5.69 Å². The van der Waals surface area contributed by atoms with Gasteiger partial charge >= 0.3 is 0 Å². The standard InChI is InChI=1S/C18H28N2O/c1-2-3-7-14-10-12-15(13-11-14)20-18(21)16-8-5-4-6-9-17(16)19/h10-13,16-17H,2-9,19H2,1H3,(H,20,21). The maximum absolute atomic E-state index is 12.4. The Bertz CT molecular complexity index is 441. The molecule has 1 aliphatic carbocycles. The van der Waals surface area contributed by atoms with Gasteiger partial charge in [-0.2, -0.15) is 0 Å². The lowest BCUT2D eigenvalue weighted by Crippen LogP contribution is -2.37. The molecule has 2 rings (SSSR count). The molecule has 1 amide bonds. The predicted molar refractivity (Wildman–Crippen MR) is 88.2 cm³/mol. The molecule has 3 heteroatoms. The first kappa shape index (κ1) is 16.0. The number of nitrogens with two attached hydrogens (primary N) is 1. The normalized spacial score (nSPS) is 22.6. The highest BCUT2D eigenvalue weighted by Gasteiger charge is 2.26. The lowest BCUT2D eigenvalue weighted by Gasteiger charge is -2.20. The van der Waals surface area contributed by atoms with Crippen LogP contribution >= 0.6 is 0 Å². The van der Waals surface area contributed by atoms with Gasteiger partial charge in [0, 0.05) is 11.7 Å². The van der Waals surface area contributed by atoms with Gasteiger partial charge in [0.2, 0.25) is 5.91 Å². The number of nitrogens with one attached hydrogen (secondary N) is 1. The van der Waals surface area contributed by atoms with Crippen molar-refractivity contribution in [2.24, 2.45) is 11.7 Å². The van der Waals surface area contributed by atoms with Crippen LogP contribution in [0.1, 0.15) is 57.4 Å². The average Bonchev–Trinajstić information content (AvgIpc) is 2.71. The zero-order chi connectivity index (χ0) is 15.1. The summed E-state index contributed by atoms with van der Waals surface area (Å²) in [4.78, 5) is 12.4. The number of benzene rings is 1. The molecule has 1 fully saturated rings. The zero-order valence-corrected chi connectivity index (χ0v) is 13.1. The molecule has 0 heterocycles. The van der Waals surface area contributed by atoms with Gasteiger partial charge in [-0.15, -0.1) is 0 Å². The van der Waals surface area contributed by atoms with Crippen molar-refractivity contribution >= 4 is 11.6 Å². The van der Waals surface area contributed by atoms with Gasteiger partial charge in [-0.25, -0.2) is 0 Å². The molecule has 1 aromatic carbocycles. The lowest BCUT2D eigenvalue weighted by molar-refractivity contribution is -0.120. The maximum atomic E-state index is 12.4. The molecule has 0 aliphatic heterocycles. The third kappa shape index (κ3) is 4.85. The first-order valence-electron chi connectivity index (χ1n) is 8.36. The van der Waals surface area contributed by atoms with Crippen LogP contribution in [-0.2, 0) is 11.2 Å². The van der Waals surface area contributed by atoms with Crippen molar-refractivity contribution in [2.75, 3.05) is 5.32 Å². The summed E-state index contributed by atoms with van der Waals surface area (Å²) in [5.41, 5.74) is 8.37. The lowest BCUT2D eigenvalue weighted by atomic mass is 9.94. The number of hydrogen-bond acceptors (Lipinski definition) is 2. The molecular formula is C18H28N2O. The van der Waals surface area contributed by atoms with Gasteiger partial charge in [-0.05, 0) is 43.4 Å². The van der Waals surface area contributed by atoms with E-state index in [2.05, 4.69) is 24.4 Å². The third-order valence-electron chi connectivity index (χ3n) is 4.45. The van der Waals surface area contributed by atoms with Gasteiger partial charge in [0.1, 0.15) is 0 Å². The molecule has 2 unspecified atom stereocenters. The molecule has 3 nitrogen and oxygen atoms in total. The van der Waals surface area contributed by atoms with E-state index in [1.807, 2.05) is 12.1 Å². The van der Waals surface area contributed by atoms with Crippen molar-refractivity contribution in [2.45, 2.75) is 64.3 Å². The highest BCUT2D eigenvalue weighted by Crippen LogP contribution is 2.23. The van der Waals surface area contributed by atoms with E-state index in [0.717, 1.165) is 37.8 Å². The van der Waals surface area contributed by atoms with Crippen LogP contribution in [0.5, 0.6) is 0 Å². The Balaban J connectivity index is 1.92. The van der Waals surface area contributed by atoms with Crippen molar-refractivity contribution in [1.29, 1.82) is 0 Å². The largest absolute Gasteiger partial charge is 0.327 e. The zero-order valence-electron chi connectivity index (χ0n) is 13.1. The van der Waals surface area contributed by atoms with Gasteiger partial charge in [-0.1, -0.05) is 44.7 Å². The molecule has 1 saturated carbocycles. The van der Waals surface area contributed by atoms with Crippen LogP contribution in [0, 0.1) is 5.92 Å². The molecule has 1 aliphatic rings. The Kier molecular flexibility index (Phi) is 6.24. The second kappa shape index (κ2) is 8.18. The minimum absolute atomic E-state index is 0.0105. The number of hydrogen-bond donors (Lipinski definition) is 2. The number of aryl methyl sites for hydroxylation is 1. The van der Waals surface area contributed by atoms with E-state index in [9.17, 15) is 4.79 Å². The maximum Gasteiger partial charge on any atom is 0.229 e. The Morgan fingerprint density at radius 2 is 1.90 bits per heavy atom. The summed E-state index contributed by atoms with van der Waals surface area (Å²) >= 11 is 0. The minimum atomic E-state index is -0.0349. The van der Waals surface area contributed by atoms with Crippen LogP contribution in [0.15, 0.2) is 24.3 Å². The van der Waals surface area contributed by atoms with Crippen LogP contribution in [0.3, 0.4) is 0 Å². The highest BCUT2D eigenvalue weighted by molar-refractivity contribution is 5.93. The summed E-state index contributed by atoms with van der Waals surface area (Å²) in [7, 11) is 0. The topological polar surface area (TPSA) is 55.1 Å². The number of anilines is 1. The highest BCUT2D eigenvalue weighted by atomic mass is 16.1. The fourth-order valence-corrected chi connectivity index (χ4v) is 3.03. The van der Waals surface area contributed by atoms with E-state index in [1.54, 1.807) is 0 Å². The van der Waals surface area contributed by atoms with Crippen LogP contribution in [0.25, 0.3) is 0 Å². The summed E-state index contributed by atoms with van der Waals surface area (Å²) in [5.74, 6) is 0.0537. The van der Waals surface area contributed by atoms with Crippen LogP contribution in [0.2, 0.25) is 0 Å². The van der Waals surface area contributed by atoms with Gasteiger partial charge in [-0.3, -0.25) is 4.79 Å². The SMILES string of the molecule is CCCCc1ccc(NC(=O)C2CCCCCC2N)cc1. The van der Waals surface area contributed by atoms with Crippen LogP contribution in [-0.4, -0.2) is 11.9 Å². The number of rotatable bonds is 5. The van der Waals surface area contributed by atoms with Gasteiger partial charge in [0.05, 0.1) is 5.92 Å². The van der Waals surface area contributed by atoms with E-state index in [1.165, 1.54) is 24.8 Å². The first-order valence-corrected chi connectivity index (χ1v) is 8.36. The second-order valence-electron chi connectivity index (χ2n) is 6.20. The minimum Gasteiger partial charge on any atom is -0.327 e. The van der Waals surface area contributed by atoms with E-state index in [4.69, 9.17) is 5.73 Å². The molecule has 0 radical (unpaired) electrons. The predicted octanol–water partition coefficient (Wildman–Crippen LogP) is 3.88. The van der Waals surface area contributed by atoms with E-state index >= 15 is 0 Å². The Labute approximate surface area is 128 Å².